The van der Waals surface area contributed by atoms with Crippen molar-refractivity contribution in [2.24, 2.45) is 10.1 Å². The summed E-state index contributed by atoms with van der Waals surface area (Å²) in [5, 5.41) is 25.0. The number of nitro groups is 1. The number of nitrogens with one attached hydrogen (secondary N) is 1. The van der Waals surface area contributed by atoms with Gasteiger partial charge >= 0.3 is 0 Å². The van der Waals surface area contributed by atoms with Crippen LogP contribution in [-0.2, 0) is 4.79 Å². The van der Waals surface area contributed by atoms with Crippen LogP contribution >= 0.6 is 11.8 Å². The van der Waals surface area contributed by atoms with E-state index in [1.165, 1.54) is 34.5 Å². The number of hydrogen-bond donors (Lipinski definition) is 1. The second-order valence-corrected chi connectivity index (χ2v) is 6.60. The zero-order chi connectivity index (χ0) is 19.1. The predicted octanol–water partition coefficient (Wildman–Crippen LogP) is 2.94. The second kappa shape index (κ2) is 6.32. The number of nitro benzene ring substituents is 1. The first-order valence-electron chi connectivity index (χ1n) is 7.81. The maximum atomic E-state index is 12.3. The highest BCUT2D eigenvalue weighted by molar-refractivity contribution is 8.25. The molecule has 27 heavy (non-hydrogen) atoms. The number of carbonyl (C=O) groups is 1. The van der Waals surface area contributed by atoms with Crippen LogP contribution in [0.4, 0.5) is 5.69 Å². The Morgan fingerprint density at radius 3 is 2.93 bits per heavy atom. The molecule has 2 aliphatic rings. The molecule has 0 aliphatic carbocycles. The van der Waals surface area contributed by atoms with Gasteiger partial charge in [0.2, 0.25) is 0 Å². The molecule has 9 nitrogen and oxygen atoms in total. The van der Waals surface area contributed by atoms with Crippen LogP contribution < -0.4 is 0 Å². The summed E-state index contributed by atoms with van der Waals surface area (Å²) >= 11 is 1.18. The fourth-order valence-electron chi connectivity index (χ4n) is 2.79. The molecule has 2 aliphatic heterocycles. The number of benzene rings is 1. The highest BCUT2D eigenvalue weighted by atomic mass is 32.2. The number of hydrogen-bond acceptors (Lipinski definition) is 6. The van der Waals surface area contributed by atoms with Gasteiger partial charge in [-0.25, -0.2) is 0 Å². The van der Waals surface area contributed by atoms with Gasteiger partial charge in [0.05, 0.1) is 21.7 Å². The SMILES string of the molecule is Cc1ccc([N+](=O)[O-])cc1-n1cccc1/C=C1\C(=N)N2N=CSC2=NC1=O. The topological polar surface area (TPSA) is 117 Å². The van der Waals surface area contributed by atoms with Crippen LogP contribution in [0.25, 0.3) is 11.8 Å². The van der Waals surface area contributed by atoms with Crippen molar-refractivity contribution < 1.29 is 9.72 Å². The molecule has 3 heterocycles. The molecule has 10 heteroatoms. The number of aryl methyl sites for hydroxylation is 1. The van der Waals surface area contributed by atoms with Crippen molar-refractivity contribution in [3.8, 4) is 5.69 Å². The van der Waals surface area contributed by atoms with Gasteiger partial charge in [0.25, 0.3) is 11.6 Å². The Morgan fingerprint density at radius 1 is 1.33 bits per heavy atom. The van der Waals surface area contributed by atoms with E-state index in [1.54, 1.807) is 35.0 Å². The minimum absolute atomic E-state index is 0.0259. The van der Waals surface area contributed by atoms with Crippen molar-refractivity contribution in [2.75, 3.05) is 0 Å². The molecule has 0 radical (unpaired) electrons. The van der Waals surface area contributed by atoms with E-state index >= 15 is 0 Å². The summed E-state index contributed by atoms with van der Waals surface area (Å²) in [5.41, 5.74) is 3.64. The number of non-ortho nitro benzene ring substituents is 1. The maximum absolute atomic E-state index is 12.3. The Balaban J connectivity index is 1.80. The second-order valence-electron chi connectivity index (χ2n) is 5.79. The first-order valence-corrected chi connectivity index (χ1v) is 8.69. The maximum Gasteiger partial charge on any atom is 0.283 e. The summed E-state index contributed by atoms with van der Waals surface area (Å²) < 4.78 is 1.73. The van der Waals surface area contributed by atoms with Gasteiger partial charge in [-0.3, -0.25) is 20.3 Å². The Labute approximate surface area is 157 Å². The van der Waals surface area contributed by atoms with Gasteiger partial charge in [0, 0.05) is 24.0 Å². The smallest absolute Gasteiger partial charge is 0.283 e. The highest BCUT2D eigenvalue weighted by Crippen LogP contribution is 2.27. The van der Waals surface area contributed by atoms with Gasteiger partial charge in [-0.05, 0) is 42.5 Å². The molecule has 0 atom stereocenters. The highest BCUT2D eigenvalue weighted by Gasteiger charge is 2.32. The van der Waals surface area contributed by atoms with E-state index in [1.807, 2.05) is 6.92 Å². The minimum Gasteiger partial charge on any atom is -0.317 e. The van der Waals surface area contributed by atoms with Crippen molar-refractivity contribution in [2.45, 2.75) is 6.92 Å². The van der Waals surface area contributed by atoms with Crippen LogP contribution in [0.2, 0.25) is 0 Å². The van der Waals surface area contributed by atoms with Gasteiger partial charge in [-0.2, -0.15) is 15.1 Å². The van der Waals surface area contributed by atoms with E-state index in [2.05, 4.69) is 10.1 Å². The van der Waals surface area contributed by atoms with Crippen molar-refractivity contribution in [1.82, 2.24) is 9.58 Å². The lowest BCUT2D eigenvalue weighted by molar-refractivity contribution is -0.384. The van der Waals surface area contributed by atoms with E-state index in [9.17, 15) is 14.9 Å². The fourth-order valence-corrected chi connectivity index (χ4v) is 3.40. The molecular weight excluding hydrogens is 368 g/mol. The molecule has 4 rings (SSSR count). The molecular formula is C17H12N6O3S. The van der Waals surface area contributed by atoms with Gasteiger partial charge in [-0.15, -0.1) is 0 Å². The van der Waals surface area contributed by atoms with E-state index in [0.717, 1.165) is 5.56 Å². The number of nitrogens with zero attached hydrogens (tertiary/aromatic N) is 5. The summed E-state index contributed by atoms with van der Waals surface area (Å²) in [6.07, 6.45) is 3.29. The molecule has 0 saturated carbocycles. The van der Waals surface area contributed by atoms with Crippen LogP contribution in [0.5, 0.6) is 0 Å². The van der Waals surface area contributed by atoms with Gasteiger partial charge in [0.1, 0.15) is 0 Å². The van der Waals surface area contributed by atoms with E-state index in [4.69, 9.17) is 5.41 Å². The average molecular weight is 380 g/mol. The van der Waals surface area contributed by atoms with E-state index in [-0.39, 0.29) is 17.1 Å². The lowest BCUT2D eigenvalue weighted by Crippen LogP contribution is -2.35. The quantitative estimate of drug-likeness (QED) is 0.499. The number of rotatable bonds is 3. The standard InChI is InChI=1S/C17H12N6O3S/c1-10-4-5-12(23(25)26)8-14(10)21-6-2-3-11(21)7-13-15(18)22-17(20-16(13)24)27-9-19-22/h2-9,18H,1H3/b13-7+,18-15?. The third kappa shape index (κ3) is 2.85. The fraction of sp³-hybridized carbons (Fsp3) is 0.0588. The summed E-state index contributed by atoms with van der Waals surface area (Å²) in [5.74, 6) is -0.581. The van der Waals surface area contributed by atoms with Crippen LogP contribution in [0.1, 0.15) is 11.3 Å². The Kier molecular flexibility index (Phi) is 3.96. The van der Waals surface area contributed by atoms with Crippen molar-refractivity contribution in [3.05, 3.63) is 63.5 Å². The van der Waals surface area contributed by atoms with E-state index < -0.39 is 10.8 Å². The van der Waals surface area contributed by atoms with Crippen LogP contribution in [0, 0.1) is 22.4 Å². The molecule has 2 aromatic rings. The zero-order valence-electron chi connectivity index (χ0n) is 14.0. The van der Waals surface area contributed by atoms with Crippen molar-refractivity contribution in [3.63, 3.8) is 0 Å². The number of thioether (sulfide) groups is 1. The number of amides is 1. The summed E-state index contributed by atoms with van der Waals surface area (Å²) in [6.45, 7) is 1.84. The Bertz CT molecular complexity index is 1100. The van der Waals surface area contributed by atoms with Crippen molar-refractivity contribution in [1.29, 1.82) is 5.41 Å². The number of hydrazone groups is 1. The third-order valence-electron chi connectivity index (χ3n) is 4.13. The average Bonchev–Trinajstić information content (AvgIpc) is 3.28. The summed E-state index contributed by atoms with van der Waals surface area (Å²) in [7, 11) is 0. The molecule has 0 saturated heterocycles. The monoisotopic (exact) mass is 380 g/mol. The lowest BCUT2D eigenvalue weighted by atomic mass is 10.1. The minimum atomic E-state index is -0.521. The number of amidine groups is 2. The van der Waals surface area contributed by atoms with Crippen molar-refractivity contribution >= 4 is 46.0 Å². The molecule has 0 fully saturated rings. The van der Waals surface area contributed by atoms with E-state index in [0.29, 0.717) is 16.5 Å². The lowest BCUT2D eigenvalue weighted by Gasteiger charge is -2.20. The van der Waals surface area contributed by atoms with Gasteiger partial charge < -0.3 is 4.57 Å². The Morgan fingerprint density at radius 2 is 2.15 bits per heavy atom. The summed E-state index contributed by atoms with van der Waals surface area (Å²) in [6, 6.07) is 8.11. The number of fused-ring (bicyclic) bond motifs is 1. The number of carbonyl (C=O) groups excluding carboxylic acids is 1. The molecule has 134 valence electrons. The molecule has 1 N–H and O–H groups in total. The zero-order valence-corrected chi connectivity index (χ0v) is 14.8. The predicted molar refractivity (Wildman–Crippen MR) is 103 cm³/mol. The molecule has 1 aromatic heterocycles. The molecule has 1 aromatic carbocycles. The van der Waals surface area contributed by atoms with Gasteiger partial charge in [-0.1, -0.05) is 6.07 Å². The largest absolute Gasteiger partial charge is 0.317 e. The van der Waals surface area contributed by atoms with Crippen LogP contribution in [-0.4, -0.2) is 37.0 Å². The number of aromatic nitrogens is 1. The summed E-state index contributed by atoms with van der Waals surface area (Å²) in [4.78, 5) is 26.9. The molecule has 0 spiro atoms. The third-order valence-corrected chi connectivity index (χ3v) is 4.81. The molecule has 0 unspecified atom stereocenters. The molecule has 1 amide bonds. The first-order chi connectivity index (χ1) is 13.0. The van der Waals surface area contributed by atoms with Crippen LogP contribution in [0.15, 0.2) is 52.2 Å². The number of aliphatic imine (C=N–C) groups is 1. The molecule has 0 bridgehead atoms. The van der Waals surface area contributed by atoms with Gasteiger partial charge in [0.15, 0.2) is 11.0 Å². The first kappa shape index (κ1) is 16.9. The normalized spacial score (nSPS) is 17.4. The van der Waals surface area contributed by atoms with Crippen LogP contribution in [0.3, 0.4) is 0 Å². The Hall–Kier alpha value is -3.53.